The number of carbonyl (C=O) groups is 1. The van der Waals surface area contributed by atoms with E-state index in [1.807, 2.05) is 18.2 Å². The summed E-state index contributed by atoms with van der Waals surface area (Å²) in [5.41, 5.74) is 0.896. The summed E-state index contributed by atoms with van der Waals surface area (Å²) in [6.45, 7) is 0. The molecule has 0 aliphatic heterocycles. The van der Waals surface area contributed by atoms with Crippen molar-refractivity contribution < 1.29 is 9.90 Å². The molecule has 82 valence electrons. The average Bonchev–Trinajstić information content (AvgIpc) is 2.76. The summed E-state index contributed by atoms with van der Waals surface area (Å²) in [5.74, 6) is -0.0744. The molecule has 0 fully saturated rings. The Balaban J connectivity index is 2.11. The number of aryl methyl sites for hydroxylation is 1. The lowest BCUT2D eigenvalue weighted by atomic mass is 10.2. The van der Waals surface area contributed by atoms with Crippen LogP contribution in [0.4, 0.5) is 0 Å². The fourth-order valence-corrected chi connectivity index (χ4v) is 1.36. The van der Waals surface area contributed by atoms with E-state index < -0.39 is 5.97 Å². The van der Waals surface area contributed by atoms with Crippen LogP contribution in [0.1, 0.15) is 12.0 Å². The normalized spacial score (nSPS) is 10.2. The summed E-state index contributed by atoms with van der Waals surface area (Å²) in [6, 6.07) is 5.55. The zero-order valence-electron chi connectivity index (χ0n) is 8.58. The molecule has 0 aliphatic carbocycles. The number of hydrogen-bond acceptors (Lipinski definition) is 3. The Morgan fingerprint density at radius 2 is 2.31 bits per heavy atom. The summed E-state index contributed by atoms with van der Waals surface area (Å²) in [4.78, 5) is 14.6. The fraction of sp³-hybridized carbons (Fsp3) is 0.182. The SMILES string of the molecule is O=C(O)CCc1cnn(-c2ccccn2)c1. The Morgan fingerprint density at radius 3 is 3.00 bits per heavy atom. The molecule has 5 heteroatoms. The van der Waals surface area contributed by atoms with Crippen LogP contribution in [0.15, 0.2) is 36.8 Å². The predicted octanol–water partition coefficient (Wildman–Crippen LogP) is 1.28. The molecule has 0 atom stereocenters. The maximum atomic E-state index is 10.4. The lowest BCUT2D eigenvalue weighted by Gasteiger charge is -1.97. The molecule has 0 aromatic carbocycles. The number of pyridine rings is 1. The Bertz CT molecular complexity index is 479. The van der Waals surface area contributed by atoms with Crippen molar-refractivity contribution in [1.29, 1.82) is 0 Å². The summed E-state index contributed by atoms with van der Waals surface area (Å²) < 4.78 is 1.64. The first-order valence-electron chi connectivity index (χ1n) is 4.92. The van der Waals surface area contributed by atoms with Crippen molar-refractivity contribution in [3.63, 3.8) is 0 Å². The smallest absolute Gasteiger partial charge is 0.303 e. The Labute approximate surface area is 92.4 Å². The first kappa shape index (κ1) is 10.4. The molecule has 0 unspecified atom stereocenters. The Hall–Kier alpha value is -2.17. The first-order valence-corrected chi connectivity index (χ1v) is 4.92. The molecule has 0 bridgehead atoms. The topological polar surface area (TPSA) is 68.0 Å². The third-order valence-corrected chi connectivity index (χ3v) is 2.15. The summed E-state index contributed by atoms with van der Waals surface area (Å²) in [5, 5.41) is 12.7. The minimum atomic E-state index is -0.800. The minimum absolute atomic E-state index is 0.119. The van der Waals surface area contributed by atoms with Gasteiger partial charge in [0, 0.05) is 18.8 Å². The van der Waals surface area contributed by atoms with Crippen LogP contribution >= 0.6 is 0 Å². The van der Waals surface area contributed by atoms with Gasteiger partial charge in [0.05, 0.1) is 6.20 Å². The van der Waals surface area contributed by atoms with Crippen molar-refractivity contribution >= 4 is 5.97 Å². The van der Waals surface area contributed by atoms with Gasteiger partial charge < -0.3 is 5.11 Å². The van der Waals surface area contributed by atoms with Crippen LogP contribution in [0, 0.1) is 0 Å². The zero-order chi connectivity index (χ0) is 11.4. The van der Waals surface area contributed by atoms with E-state index in [-0.39, 0.29) is 6.42 Å². The molecule has 0 saturated carbocycles. The van der Waals surface area contributed by atoms with Gasteiger partial charge in [-0.05, 0) is 24.1 Å². The summed E-state index contributed by atoms with van der Waals surface area (Å²) >= 11 is 0. The first-order chi connectivity index (χ1) is 7.75. The second kappa shape index (κ2) is 4.57. The lowest BCUT2D eigenvalue weighted by Crippen LogP contribution is -1.97. The largest absolute Gasteiger partial charge is 0.481 e. The highest BCUT2D eigenvalue weighted by Crippen LogP contribution is 2.06. The maximum Gasteiger partial charge on any atom is 0.303 e. The quantitative estimate of drug-likeness (QED) is 0.837. The third-order valence-electron chi connectivity index (χ3n) is 2.15. The van der Waals surface area contributed by atoms with Crippen molar-refractivity contribution in [2.75, 3.05) is 0 Å². The van der Waals surface area contributed by atoms with Crippen molar-refractivity contribution in [2.45, 2.75) is 12.8 Å². The number of rotatable bonds is 4. The summed E-state index contributed by atoms with van der Waals surface area (Å²) in [6.07, 6.45) is 5.76. The van der Waals surface area contributed by atoms with Crippen LogP contribution in [0.25, 0.3) is 5.82 Å². The maximum absolute atomic E-state index is 10.4. The molecule has 0 radical (unpaired) electrons. The molecule has 2 aromatic heterocycles. The van der Waals surface area contributed by atoms with Crippen molar-refractivity contribution in [3.05, 3.63) is 42.4 Å². The van der Waals surface area contributed by atoms with Crippen molar-refractivity contribution in [3.8, 4) is 5.82 Å². The number of carboxylic acid groups (broad SMARTS) is 1. The number of carboxylic acids is 1. The Kier molecular flexibility index (Phi) is 2.95. The number of aliphatic carboxylic acids is 1. The number of nitrogens with zero attached hydrogens (tertiary/aromatic N) is 3. The van der Waals surface area contributed by atoms with Gasteiger partial charge in [0.15, 0.2) is 5.82 Å². The van der Waals surface area contributed by atoms with Crippen LogP contribution in [0.2, 0.25) is 0 Å². The van der Waals surface area contributed by atoms with E-state index in [1.54, 1.807) is 23.3 Å². The highest BCUT2D eigenvalue weighted by Gasteiger charge is 2.03. The Morgan fingerprint density at radius 1 is 1.44 bits per heavy atom. The second-order valence-corrected chi connectivity index (χ2v) is 3.37. The van der Waals surface area contributed by atoms with E-state index in [1.165, 1.54) is 0 Å². The third kappa shape index (κ3) is 2.44. The molecule has 0 aliphatic rings. The monoisotopic (exact) mass is 217 g/mol. The van der Waals surface area contributed by atoms with E-state index in [4.69, 9.17) is 5.11 Å². The van der Waals surface area contributed by atoms with Crippen LogP contribution < -0.4 is 0 Å². The average molecular weight is 217 g/mol. The molecule has 2 rings (SSSR count). The molecular formula is C11H11N3O2. The van der Waals surface area contributed by atoms with Crippen molar-refractivity contribution in [2.24, 2.45) is 0 Å². The molecule has 0 spiro atoms. The van der Waals surface area contributed by atoms with Gasteiger partial charge in [-0.25, -0.2) is 9.67 Å². The van der Waals surface area contributed by atoms with E-state index >= 15 is 0 Å². The molecule has 0 saturated heterocycles. The van der Waals surface area contributed by atoms with Gasteiger partial charge in [-0.1, -0.05) is 6.07 Å². The van der Waals surface area contributed by atoms with Gasteiger partial charge in [-0.15, -0.1) is 0 Å². The van der Waals surface area contributed by atoms with Crippen LogP contribution in [0.5, 0.6) is 0 Å². The van der Waals surface area contributed by atoms with Gasteiger partial charge >= 0.3 is 5.97 Å². The standard InChI is InChI=1S/C11H11N3O2/c15-11(16)5-4-9-7-13-14(8-9)10-3-1-2-6-12-10/h1-3,6-8H,4-5H2,(H,15,16). The highest BCUT2D eigenvalue weighted by molar-refractivity contribution is 5.67. The van der Waals surface area contributed by atoms with Gasteiger partial charge in [-0.3, -0.25) is 4.79 Å². The van der Waals surface area contributed by atoms with Crippen molar-refractivity contribution in [1.82, 2.24) is 14.8 Å². The van der Waals surface area contributed by atoms with Crippen LogP contribution in [-0.2, 0) is 11.2 Å². The van der Waals surface area contributed by atoms with E-state index in [0.29, 0.717) is 6.42 Å². The predicted molar refractivity (Wildman–Crippen MR) is 57.3 cm³/mol. The molecule has 1 N–H and O–H groups in total. The van der Waals surface area contributed by atoms with E-state index in [9.17, 15) is 4.79 Å². The zero-order valence-corrected chi connectivity index (χ0v) is 8.58. The molecule has 2 heterocycles. The van der Waals surface area contributed by atoms with Gasteiger partial charge in [0.1, 0.15) is 0 Å². The van der Waals surface area contributed by atoms with Crippen LogP contribution in [-0.4, -0.2) is 25.8 Å². The van der Waals surface area contributed by atoms with Gasteiger partial charge in [-0.2, -0.15) is 5.10 Å². The molecule has 0 amide bonds. The van der Waals surface area contributed by atoms with Gasteiger partial charge in [0.25, 0.3) is 0 Å². The minimum Gasteiger partial charge on any atom is -0.481 e. The second-order valence-electron chi connectivity index (χ2n) is 3.37. The molecule has 5 nitrogen and oxygen atoms in total. The fourth-order valence-electron chi connectivity index (χ4n) is 1.36. The van der Waals surface area contributed by atoms with Gasteiger partial charge in [0.2, 0.25) is 0 Å². The number of aromatic nitrogens is 3. The highest BCUT2D eigenvalue weighted by atomic mass is 16.4. The van der Waals surface area contributed by atoms with E-state index in [2.05, 4.69) is 10.1 Å². The molecule has 2 aromatic rings. The summed E-state index contributed by atoms with van der Waals surface area (Å²) in [7, 11) is 0. The lowest BCUT2D eigenvalue weighted by molar-refractivity contribution is -0.136. The van der Waals surface area contributed by atoms with Crippen LogP contribution in [0.3, 0.4) is 0 Å². The molecular weight excluding hydrogens is 206 g/mol. The van der Waals surface area contributed by atoms with E-state index in [0.717, 1.165) is 11.4 Å². The number of hydrogen-bond donors (Lipinski definition) is 1. The molecule has 16 heavy (non-hydrogen) atoms.